The van der Waals surface area contributed by atoms with Gasteiger partial charge in [0.15, 0.2) is 0 Å². The summed E-state index contributed by atoms with van der Waals surface area (Å²) in [4.78, 5) is 8.10. The lowest BCUT2D eigenvalue weighted by Gasteiger charge is -2.38. The molecule has 25 heavy (non-hydrogen) atoms. The lowest BCUT2D eigenvalue weighted by Crippen LogP contribution is -2.46. The minimum absolute atomic E-state index is 0.526. The number of hydrogen-bond acceptors (Lipinski definition) is 3. The minimum atomic E-state index is 0.526. The van der Waals surface area contributed by atoms with Gasteiger partial charge in [-0.15, -0.1) is 0 Å². The standard InChI is InChI=1S/C22H26N2S/c1-23-10-12-24(13-11-23)20-15-18-4-2-3-5-21(18)25-22-9-8-17(14-19(20)22)16-6-7-16/h2-5,8-9,14,16,20H,6-7,10-13,15H2,1H3. The van der Waals surface area contributed by atoms with Crippen molar-refractivity contribution in [3.8, 4) is 0 Å². The van der Waals surface area contributed by atoms with Crippen molar-refractivity contribution in [2.45, 2.75) is 41.0 Å². The molecule has 1 saturated carbocycles. The van der Waals surface area contributed by atoms with Crippen LogP contribution in [0.4, 0.5) is 0 Å². The van der Waals surface area contributed by atoms with Gasteiger partial charge in [0.25, 0.3) is 0 Å². The molecule has 130 valence electrons. The van der Waals surface area contributed by atoms with E-state index in [-0.39, 0.29) is 0 Å². The van der Waals surface area contributed by atoms with E-state index in [1.165, 1.54) is 54.4 Å². The first kappa shape index (κ1) is 15.9. The fraction of sp³-hybridized carbons (Fsp3) is 0.455. The molecule has 5 rings (SSSR count). The van der Waals surface area contributed by atoms with Crippen LogP contribution in [0.2, 0.25) is 0 Å². The first-order chi connectivity index (χ1) is 12.3. The highest BCUT2D eigenvalue weighted by molar-refractivity contribution is 7.99. The first-order valence-electron chi connectivity index (χ1n) is 9.60. The van der Waals surface area contributed by atoms with Gasteiger partial charge in [-0.1, -0.05) is 42.1 Å². The molecular formula is C22H26N2S. The van der Waals surface area contributed by atoms with Crippen molar-refractivity contribution in [3.63, 3.8) is 0 Å². The zero-order chi connectivity index (χ0) is 16.8. The zero-order valence-corrected chi connectivity index (χ0v) is 15.8. The van der Waals surface area contributed by atoms with Gasteiger partial charge in [-0.25, -0.2) is 0 Å². The number of nitrogens with zero attached hydrogens (tertiary/aromatic N) is 2. The van der Waals surface area contributed by atoms with E-state index in [0.717, 1.165) is 12.3 Å². The van der Waals surface area contributed by atoms with Gasteiger partial charge in [-0.3, -0.25) is 4.90 Å². The Labute approximate surface area is 155 Å². The highest BCUT2D eigenvalue weighted by Crippen LogP contribution is 2.46. The quantitative estimate of drug-likeness (QED) is 0.784. The number of piperazine rings is 1. The highest BCUT2D eigenvalue weighted by atomic mass is 32.2. The molecule has 0 N–H and O–H groups in total. The smallest absolute Gasteiger partial charge is 0.0401 e. The van der Waals surface area contributed by atoms with Gasteiger partial charge in [0.05, 0.1) is 0 Å². The van der Waals surface area contributed by atoms with Gasteiger partial charge >= 0.3 is 0 Å². The molecule has 2 fully saturated rings. The highest BCUT2D eigenvalue weighted by Gasteiger charge is 2.31. The third kappa shape index (κ3) is 3.14. The first-order valence-corrected chi connectivity index (χ1v) is 10.4. The summed E-state index contributed by atoms with van der Waals surface area (Å²) in [5.74, 6) is 0.828. The molecule has 1 saturated heterocycles. The summed E-state index contributed by atoms with van der Waals surface area (Å²) in [5.41, 5.74) is 4.67. The molecule has 0 aromatic heterocycles. The lowest BCUT2D eigenvalue weighted by molar-refractivity contribution is 0.110. The molecule has 1 aliphatic carbocycles. The van der Waals surface area contributed by atoms with E-state index in [0.29, 0.717) is 6.04 Å². The molecule has 2 aliphatic heterocycles. The molecule has 0 bridgehead atoms. The van der Waals surface area contributed by atoms with Crippen molar-refractivity contribution in [3.05, 3.63) is 59.2 Å². The third-order valence-electron chi connectivity index (χ3n) is 6.03. The Morgan fingerprint density at radius 1 is 0.920 bits per heavy atom. The van der Waals surface area contributed by atoms with Crippen molar-refractivity contribution in [1.29, 1.82) is 0 Å². The molecule has 2 aromatic rings. The predicted octanol–water partition coefficient (Wildman–Crippen LogP) is 4.56. The summed E-state index contributed by atoms with van der Waals surface area (Å²) >= 11 is 1.98. The molecule has 0 amide bonds. The van der Waals surface area contributed by atoms with Gasteiger partial charge in [0, 0.05) is 42.0 Å². The van der Waals surface area contributed by atoms with Crippen LogP contribution in [-0.4, -0.2) is 43.0 Å². The Kier molecular flexibility index (Phi) is 4.11. The average molecular weight is 351 g/mol. The van der Waals surface area contributed by atoms with Crippen LogP contribution in [-0.2, 0) is 6.42 Å². The molecule has 0 radical (unpaired) electrons. The van der Waals surface area contributed by atoms with E-state index in [2.05, 4.69) is 59.3 Å². The SMILES string of the molecule is CN1CCN(C2Cc3ccccc3Sc3ccc(C4CC4)cc32)CC1. The monoisotopic (exact) mass is 350 g/mol. The van der Waals surface area contributed by atoms with Crippen LogP contribution in [0.15, 0.2) is 52.3 Å². The van der Waals surface area contributed by atoms with Crippen LogP contribution >= 0.6 is 11.8 Å². The van der Waals surface area contributed by atoms with Crippen molar-refractivity contribution >= 4 is 11.8 Å². The fourth-order valence-corrected chi connectivity index (χ4v) is 5.37. The number of benzene rings is 2. The third-order valence-corrected chi connectivity index (χ3v) is 7.24. The lowest BCUT2D eigenvalue weighted by atomic mass is 9.94. The van der Waals surface area contributed by atoms with Crippen molar-refractivity contribution in [2.24, 2.45) is 0 Å². The normalized spacial score (nSPS) is 24.4. The van der Waals surface area contributed by atoms with Crippen molar-refractivity contribution in [1.82, 2.24) is 9.80 Å². The summed E-state index contributed by atoms with van der Waals surface area (Å²) in [5, 5.41) is 0. The molecule has 2 nitrogen and oxygen atoms in total. The molecular weight excluding hydrogens is 324 g/mol. The Hall–Kier alpha value is -1.29. The molecule has 3 aliphatic rings. The summed E-state index contributed by atoms with van der Waals surface area (Å²) in [6.07, 6.45) is 3.91. The molecule has 0 spiro atoms. The molecule has 2 heterocycles. The van der Waals surface area contributed by atoms with E-state index >= 15 is 0 Å². The number of fused-ring (bicyclic) bond motifs is 2. The Balaban J connectivity index is 1.56. The van der Waals surface area contributed by atoms with Crippen LogP contribution in [0, 0.1) is 0 Å². The maximum atomic E-state index is 2.73. The summed E-state index contributed by atoms with van der Waals surface area (Å²) < 4.78 is 0. The van der Waals surface area contributed by atoms with E-state index < -0.39 is 0 Å². The second-order valence-electron chi connectivity index (χ2n) is 7.84. The Bertz CT molecular complexity index is 775. The second-order valence-corrected chi connectivity index (χ2v) is 8.92. The van der Waals surface area contributed by atoms with Gasteiger partial charge in [0.2, 0.25) is 0 Å². The van der Waals surface area contributed by atoms with Gasteiger partial charge in [-0.05, 0) is 61.1 Å². The summed E-state index contributed by atoms with van der Waals surface area (Å²) in [6, 6.07) is 16.9. The van der Waals surface area contributed by atoms with E-state index in [1.807, 2.05) is 11.8 Å². The van der Waals surface area contributed by atoms with Crippen molar-refractivity contribution < 1.29 is 0 Å². The van der Waals surface area contributed by atoms with Crippen LogP contribution < -0.4 is 0 Å². The van der Waals surface area contributed by atoms with Crippen LogP contribution in [0.5, 0.6) is 0 Å². The maximum Gasteiger partial charge on any atom is 0.0401 e. The summed E-state index contributed by atoms with van der Waals surface area (Å²) in [7, 11) is 2.24. The summed E-state index contributed by atoms with van der Waals surface area (Å²) in [6.45, 7) is 4.73. The maximum absolute atomic E-state index is 2.73. The zero-order valence-electron chi connectivity index (χ0n) is 14.9. The number of likely N-dealkylation sites (N-methyl/N-ethyl adjacent to an activating group) is 1. The van der Waals surface area contributed by atoms with Crippen LogP contribution in [0.25, 0.3) is 0 Å². The topological polar surface area (TPSA) is 6.48 Å². The number of rotatable bonds is 2. The molecule has 2 aromatic carbocycles. The Morgan fingerprint density at radius 2 is 1.72 bits per heavy atom. The van der Waals surface area contributed by atoms with Crippen molar-refractivity contribution in [2.75, 3.05) is 33.2 Å². The Morgan fingerprint density at radius 3 is 2.52 bits per heavy atom. The minimum Gasteiger partial charge on any atom is -0.304 e. The second kappa shape index (κ2) is 6.46. The van der Waals surface area contributed by atoms with E-state index in [1.54, 1.807) is 11.1 Å². The van der Waals surface area contributed by atoms with Gasteiger partial charge in [-0.2, -0.15) is 0 Å². The van der Waals surface area contributed by atoms with E-state index in [9.17, 15) is 0 Å². The fourth-order valence-electron chi connectivity index (χ4n) is 4.26. The molecule has 3 heteroatoms. The van der Waals surface area contributed by atoms with Gasteiger partial charge < -0.3 is 4.90 Å². The van der Waals surface area contributed by atoms with Crippen LogP contribution in [0.1, 0.15) is 41.5 Å². The van der Waals surface area contributed by atoms with Gasteiger partial charge in [0.1, 0.15) is 0 Å². The largest absolute Gasteiger partial charge is 0.304 e. The average Bonchev–Trinajstić information content (AvgIpc) is 3.48. The predicted molar refractivity (Wildman–Crippen MR) is 104 cm³/mol. The molecule has 1 unspecified atom stereocenters. The number of hydrogen-bond donors (Lipinski definition) is 0. The van der Waals surface area contributed by atoms with Crippen LogP contribution in [0.3, 0.4) is 0 Å². The molecule has 1 atom stereocenters. The van der Waals surface area contributed by atoms with E-state index in [4.69, 9.17) is 0 Å².